The molecule has 2 saturated carbocycles. The summed E-state index contributed by atoms with van der Waals surface area (Å²) in [4.78, 5) is 1.53. The Morgan fingerprint density at radius 3 is 2.57 bits per heavy atom. The summed E-state index contributed by atoms with van der Waals surface area (Å²) in [5, 5.41) is 20.9. The third-order valence-corrected chi connectivity index (χ3v) is 10.4. The minimum atomic E-state index is -0.585. The van der Waals surface area contributed by atoms with Crippen molar-refractivity contribution in [2.24, 2.45) is 35.0 Å². The average Bonchev–Trinajstić information content (AvgIpc) is 3.30. The van der Waals surface area contributed by atoms with Crippen molar-refractivity contribution in [1.29, 1.82) is 10.5 Å². The van der Waals surface area contributed by atoms with Gasteiger partial charge in [0, 0.05) is 4.88 Å². The summed E-state index contributed by atoms with van der Waals surface area (Å²) < 4.78 is 0. The lowest BCUT2D eigenvalue weighted by Crippen LogP contribution is -2.43. The number of nitriles is 2. The Bertz CT molecular complexity index is 826. The van der Waals surface area contributed by atoms with Gasteiger partial charge >= 0.3 is 0 Å². The Morgan fingerprint density at radius 1 is 1.10 bits per heavy atom. The zero-order chi connectivity index (χ0) is 21.5. The maximum Gasteiger partial charge on any atom is 0.159 e. The second-order valence-electron chi connectivity index (χ2n) is 11.2. The first-order valence-corrected chi connectivity index (χ1v) is 13.2. The molecular weight excluding hydrogens is 384 g/mol. The topological polar surface area (TPSA) is 47.6 Å². The summed E-state index contributed by atoms with van der Waals surface area (Å²) in [6.07, 6.45) is 12.0. The maximum absolute atomic E-state index is 9.39. The van der Waals surface area contributed by atoms with E-state index < -0.39 is 5.92 Å². The van der Waals surface area contributed by atoms with Crippen molar-refractivity contribution in [3.63, 3.8) is 0 Å². The van der Waals surface area contributed by atoms with Crippen molar-refractivity contribution in [1.82, 2.24) is 0 Å². The number of hydrogen-bond acceptors (Lipinski definition) is 3. The van der Waals surface area contributed by atoms with Crippen molar-refractivity contribution in [3.05, 3.63) is 21.4 Å². The third-order valence-electron chi connectivity index (χ3n) is 9.23. The minimum absolute atomic E-state index is 0.526. The molecule has 1 heterocycles. The van der Waals surface area contributed by atoms with Gasteiger partial charge in [-0.1, -0.05) is 47.0 Å². The van der Waals surface area contributed by atoms with Crippen LogP contribution in [0.1, 0.15) is 107 Å². The highest BCUT2D eigenvalue weighted by Gasteiger charge is 2.55. The van der Waals surface area contributed by atoms with Crippen LogP contribution in [0.4, 0.5) is 0 Å². The molecule has 1 aromatic heterocycles. The lowest BCUT2D eigenvalue weighted by atomic mass is 9.54. The molecule has 3 aliphatic rings. The molecule has 0 aromatic carbocycles. The quantitative estimate of drug-likeness (QED) is 0.469. The van der Waals surface area contributed by atoms with E-state index in [0.717, 1.165) is 41.6 Å². The van der Waals surface area contributed by atoms with E-state index in [-0.39, 0.29) is 0 Å². The van der Waals surface area contributed by atoms with Crippen LogP contribution in [-0.4, -0.2) is 0 Å². The number of fused-ring (bicyclic) bond motifs is 5. The Labute approximate surface area is 187 Å². The molecule has 2 nitrogen and oxygen atoms in total. The Balaban J connectivity index is 1.51. The van der Waals surface area contributed by atoms with Gasteiger partial charge in [0.05, 0.1) is 12.1 Å². The van der Waals surface area contributed by atoms with E-state index in [1.54, 1.807) is 0 Å². The summed E-state index contributed by atoms with van der Waals surface area (Å²) in [6, 6.07) is 4.41. The molecule has 1 aromatic rings. The van der Waals surface area contributed by atoms with Gasteiger partial charge in [-0.05, 0) is 96.0 Å². The molecule has 162 valence electrons. The molecular formula is C27H38N2S. The smallest absolute Gasteiger partial charge is 0.159 e. The van der Waals surface area contributed by atoms with Crippen LogP contribution < -0.4 is 0 Å². The van der Waals surface area contributed by atoms with E-state index in [9.17, 15) is 10.5 Å². The van der Waals surface area contributed by atoms with Crippen LogP contribution in [0, 0.1) is 57.7 Å². The van der Waals surface area contributed by atoms with Crippen LogP contribution in [0.15, 0.2) is 5.38 Å². The van der Waals surface area contributed by atoms with Gasteiger partial charge in [0.25, 0.3) is 0 Å². The second kappa shape index (κ2) is 8.67. The summed E-state index contributed by atoms with van der Waals surface area (Å²) in [7, 11) is 0. The highest BCUT2D eigenvalue weighted by molar-refractivity contribution is 7.10. The molecule has 6 atom stereocenters. The molecule has 0 radical (unpaired) electrons. The van der Waals surface area contributed by atoms with Crippen molar-refractivity contribution >= 4 is 11.3 Å². The van der Waals surface area contributed by atoms with Gasteiger partial charge < -0.3 is 0 Å². The van der Waals surface area contributed by atoms with E-state index in [1.807, 2.05) is 11.3 Å². The minimum Gasteiger partial charge on any atom is -0.196 e. The summed E-state index contributed by atoms with van der Waals surface area (Å²) in [6.45, 7) is 9.88. The van der Waals surface area contributed by atoms with Crippen LogP contribution in [0.2, 0.25) is 0 Å². The van der Waals surface area contributed by atoms with Crippen molar-refractivity contribution in [2.75, 3.05) is 0 Å². The molecule has 2 fully saturated rings. The normalized spacial score (nSPS) is 33.5. The van der Waals surface area contributed by atoms with Gasteiger partial charge in [-0.25, -0.2) is 0 Å². The van der Waals surface area contributed by atoms with Crippen molar-refractivity contribution in [3.8, 4) is 12.1 Å². The van der Waals surface area contributed by atoms with Gasteiger partial charge in [-0.2, -0.15) is 10.5 Å². The van der Waals surface area contributed by atoms with E-state index >= 15 is 0 Å². The van der Waals surface area contributed by atoms with Crippen LogP contribution in [-0.2, 0) is 6.42 Å². The van der Waals surface area contributed by atoms with E-state index in [1.165, 1.54) is 61.8 Å². The molecule has 0 aliphatic heterocycles. The Hall–Kier alpha value is -1.32. The highest BCUT2D eigenvalue weighted by atomic mass is 32.1. The molecule has 30 heavy (non-hydrogen) atoms. The second-order valence-corrected chi connectivity index (χ2v) is 12.1. The summed E-state index contributed by atoms with van der Waals surface area (Å²) >= 11 is 1.85. The molecule has 0 spiro atoms. The lowest BCUT2D eigenvalue weighted by Gasteiger charge is -2.51. The summed E-state index contributed by atoms with van der Waals surface area (Å²) in [5.41, 5.74) is 2.92. The predicted octanol–water partition coefficient (Wildman–Crippen LogP) is 7.81. The van der Waals surface area contributed by atoms with Gasteiger partial charge in [0.2, 0.25) is 0 Å². The maximum atomic E-state index is 9.39. The third kappa shape index (κ3) is 3.62. The van der Waals surface area contributed by atoms with E-state index in [0.29, 0.717) is 11.3 Å². The van der Waals surface area contributed by atoms with E-state index in [2.05, 4.69) is 45.2 Å². The van der Waals surface area contributed by atoms with Crippen LogP contribution in [0.3, 0.4) is 0 Å². The molecule has 0 unspecified atom stereocenters. The van der Waals surface area contributed by atoms with Gasteiger partial charge in [-0.15, -0.1) is 11.3 Å². The van der Waals surface area contributed by atoms with Gasteiger partial charge in [-0.3, -0.25) is 0 Å². The van der Waals surface area contributed by atoms with E-state index in [4.69, 9.17) is 0 Å². The highest BCUT2D eigenvalue weighted by Crippen LogP contribution is 2.65. The number of thiophene rings is 1. The SMILES string of the molecule is CC(C)CCC[C@H](C)[C@@H]1CC[C@@H]2[C@@H]3CCc4c(C(C#N)C#N)csc4[C@H]3CC[C@]21C. The van der Waals surface area contributed by atoms with Crippen molar-refractivity contribution in [2.45, 2.75) is 97.3 Å². The molecule has 3 heteroatoms. The molecule has 4 rings (SSSR count). The molecule has 0 amide bonds. The molecule has 0 bridgehead atoms. The van der Waals surface area contributed by atoms with Crippen LogP contribution in [0.5, 0.6) is 0 Å². The molecule has 0 N–H and O–H groups in total. The zero-order valence-electron chi connectivity index (χ0n) is 19.3. The number of nitrogens with zero attached hydrogens (tertiary/aromatic N) is 2. The van der Waals surface area contributed by atoms with Gasteiger partial charge in [0.15, 0.2) is 5.92 Å². The number of rotatable bonds is 6. The molecule has 0 saturated heterocycles. The fraction of sp³-hybridized carbons (Fsp3) is 0.778. The standard InChI is InChI=1S/C27H38N2S/c1-17(2)6-5-7-18(3)24-10-11-25-20-8-9-21-23(19(14-28)15-29)16-30-26(21)22(20)12-13-27(24,25)4/h16-20,22,24-25H,5-13H2,1-4H3/t18-,20+,22-,24-,25+,27-/m0/s1. The first-order chi connectivity index (χ1) is 14.4. The zero-order valence-corrected chi connectivity index (χ0v) is 20.1. The molecule has 3 aliphatic carbocycles. The predicted molar refractivity (Wildman–Crippen MR) is 124 cm³/mol. The Kier molecular flexibility index (Phi) is 6.33. The van der Waals surface area contributed by atoms with Crippen molar-refractivity contribution < 1.29 is 0 Å². The van der Waals surface area contributed by atoms with Gasteiger partial charge in [0.1, 0.15) is 0 Å². The summed E-state index contributed by atoms with van der Waals surface area (Å²) in [5.74, 6) is 4.37. The Morgan fingerprint density at radius 2 is 1.87 bits per heavy atom. The fourth-order valence-corrected chi connectivity index (χ4v) is 9.11. The monoisotopic (exact) mass is 422 g/mol. The fourth-order valence-electron chi connectivity index (χ4n) is 7.75. The first-order valence-electron chi connectivity index (χ1n) is 12.3. The number of hydrogen-bond donors (Lipinski definition) is 0. The van der Waals surface area contributed by atoms with Crippen LogP contribution >= 0.6 is 11.3 Å². The first kappa shape index (κ1) is 21.9. The largest absolute Gasteiger partial charge is 0.196 e. The lowest BCUT2D eigenvalue weighted by molar-refractivity contribution is 0.0105. The average molecular weight is 423 g/mol. The van der Waals surface area contributed by atoms with Crippen LogP contribution in [0.25, 0.3) is 0 Å².